The summed E-state index contributed by atoms with van der Waals surface area (Å²) in [6.45, 7) is 1.81. The smallest absolute Gasteiger partial charge is 0.243 e. The second-order valence-electron chi connectivity index (χ2n) is 6.21. The lowest BCUT2D eigenvalue weighted by molar-refractivity contribution is -0.129. The van der Waals surface area contributed by atoms with Crippen molar-refractivity contribution in [2.24, 2.45) is 0 Å². The van der Waals surface area contributed by atoms with E-state index in [2.05, 4.69) is 16.0 Å². The lowest BCUT2D eigenvalue weighted by atomic mass is 10.1. The zero-order chi connectivity index (χ0) is 16.9. The van der Waals surface area contributed by atoms with Crippen LogP contribution in [0.2, 0.25) is 0 Å². The van der Waals surface area contributed by atoms with Crippen LogP contribution in [-0.4, -0.2) is 48.0 Å². The van der Waals surface area contributed by atoms with Gasteiger partial charge in [-0.2, -0.15) is 0 Å². The van der Waals surface area contributed by atoms with E-state index in [4.69, 9.17) is 0 Å². The van der Waals surface area contributed by atoms with Crippen molar-refractivity contribution in [1.82, 2.24) is 16.0 Å². The summed E-state index contributed by atoms with van der Waals surface area (Å²) in [5.41, 5.74) is 0.530. The Morgan fingerprint density at radius 1 is 1.28 bits per heavy atom. The van der Waals surface area contributed by atoms with Gasteiger partial charge in [-0.05, 0) is 44.0 Å². The highest BCUT2D eigenvalue weighted by molar-refractivity contribution is 8.00. The molecule has 0 saturated carbocycles. The van der Waals surface area contributed by atoms with Gasteiger partial charge in [0.25, 0.3) is 0 Å². The molecule has 2 unspecified atom stereocenters. The third kappa shape index (κ3) is 5.33. The van der Waals surface area contributed by atoms with Gasteiger partial charge in [0.05, 0.1) is 5.25 Å². The lowest BCUT2D eigenvalue weighted by Crippen LogP contribution is -2.56. The van der Waals surface area contributed by atoms with Crippen LogP contribution in [0.3, 0.4) is 0 Å². The maximum absolute atomic E-state index is 13.7. The van der Waals surface area contributed by atoms with Crippen molar-refractivity contribution < 1.29 is 14.0 Å². The first-order valence-corrected chi connectivity index (χ1v) is 9.35. The molecule has 3 N–H and O–H groups in total. The average molecular weight is 388 g/mol. The Kier molecular flexibility index (Phi) is 7.53. The van der Waals surface area contributed by atoms with Gasteiger partial charge in [0.15, 0.2) is 0 Å². The number of benzene rings is 1. The summed E-state index contributed by atoms with van der Waals surface area (Å²) in [5.74, 6) is -0.0921. The zero-order valence-electron chi connectivity index (χ0n) is 13.8. The summed E-state index contributed by atoms with van der Waals surface area (Å²) in [6.07, 6.45) is 2.16. The lowest BCUT2D eigenvalue weighted by Gasteiger charge is -2.30. The molecule has 2 heterocycles. The number of piperidine rings is 1. The molecule has 2 fully saturated rings. The third-order valence-electron chi connectivity index (χ3n) is 4.44. The van der Waals surface area contributed by atoms with E-state index in [0.717, 1.165) is 25.9 Å². The monoisotopic (exact) mass is 387 g/mol. The van der Waals surface area contributed by atoms with Crippen LogP contribution in [0.15, 0.2) is 24.3 Å². The first-order valence-electron chi connectivity index (χ1n) is 8.30. The molecule has 2 aliphatic rings. The van der Waals surface area contributed by atoms with Crippen molar-refractivity contribution >= 4 is 36.0 Å². The van der Waals surface area contributed by atoms with E-state index < -0.39 is 6.04 Å². The van der Waals surface area contributed by atoms with Crippen LogP contribution in [0.5, 0.6) is 0 Å². The molecule has 0 spiro atoms. The topological polar surface area (TPSA) is 70.2 Å². The minimum absolute atomic E-state index is 0. The van der Waals surface area contributed by atoms with Crippen molar-refractivity contribution in [3.8, 4) is 0 Å². The highest BCUT2D eigenvalue weighted by Crippen LogP contribution is 2.23. The van der Waals surface area contributed by atoms with Gasteiger partial charge in [0.1, 0.15) is 11.9 Å². The second kappa shape index (κ2) is 9.40. The Morgan fingerprint density at radius 3 is 2.68 bits per heavy atom. The average Bonchev–Trinajstić information content (AvgIpc) is 2.59. The number of carbonyl (C=O) groups excluding carboxylic acids is 2. The first kappa shape index (κ1) is 20.0. The van der Waals surface area contributed by atoms with Crippen LogP contribution in [0.1, 0.15) is 18.4 Å². The summed E-state index contributed by atoms with van der Waals surface area (Å²) >= 11 is 1.42. The zero-order valence-corrected chi connectivity index (χ0v) is 15.4. The van der Waals surface area contributed by atoms with Crippen molar-refractivity contribution in [2.75, 3.05) is 18.8 Å². The van der Waals surface area contributed by atoms with Crippen molar-refractivity contribution in [2.45, 2.75) is 36.6 Å². The number of nitrogens with one attached hydrogen (secondary N) is 3. The minimum Gasteiger partial charge on any atom is -0.351 e. The largest absolute Gasteiger partial charge is 0.351 e. The molecule has 2 aliphatic heterocycles. The summed E-state index contributed by atoms with van der Waals surface area (Å²) in [5, 5.41) is 8.70. The predicted molar refractivity (Wildman–Crippen MR) is 99.6 cm³/mol. The molecule has 8 heteroatoms. The number of rotatable bonds is 4. The Bertz CT molecular complexity index is 613. The molecule has 0 bridgehead atoms. The molecule has 0 aliphatic carbocycles. The summed E-state index contributed by atoms with van der Waals surface area (Å²) < 4.78 is 13.7. The normalized spacial score (nSPS) is 24.1. The molecule has 1 aromatic carbocycles. The van der Waals surface area contributed by atoms with Gasteiger partial charge in [-0.1, -0.05) is 18.2 Å². The van der Waals surface area contributed by atoms with E-state index in [9.17, 15) is 14.0 Å². The van der Waals surface area contributed by atoms with Crippen molar-refractivity contribution in [3.05, 3.63) is 35.6 Å². The maximum atomic E-state index is 13.7. The molecule has 2 saturated heterocycles. The van der Waals surface area contributed by atoms with Gasteiger partial charge >= 0.3 is 0 Å². The number of amides is 2. The van der Waals surface area contributed by atoms with Gasteiger partial charge < -0.3 is 16.0 Å². The van der Waals surface area contributed by atoms with Gasteiger partial charge in [-0.3, -0.25) is 9.59 Å². The molecule has 5 nitrogen and oxygen atoms in total. The molecule has 138 valence electrons. The van der Waals surface area contributed by atoms with Gasteiger partial charge in [0.2, 0.25) is 11.8 Å². The van der Waals surface area contributed by atoms with Crippen LogP contribution >= 0.6 is 24.2 Å². The first-order chi connectivity index (χ1) is 11.6. The third-order valence-corrected chi connectivity index (χ3v) is 5.75. The number of carbonyl (C=O) groups is 2. The molecule has 0 aromatic heterocycles. The quantitative estimate of drug-likeness (QED) is 0.727. The Labute approximate surface area is 157 Å². The van der Waals surface area contributed by atoms with Crippen LogP contribution in [0.4, 0.5) is 4.39 Å². The van der Waals surface area contributed by atoms with Crippen LogP contribution in [0.25, 0.3) is 0 Å². The molecular weight excluding hydrogens is 365 g/mol. The molecule has 25 heavy (non-hydrogen) atoms. The SMILES string of the molecule is Cl.O=C(NC1CCNCC1)C1CSC(Cc2ccccc2F)C(=O)N1. The minimum atomic E-state index is -0.505. The highest BCUT2D eigenvalue weighted by atomic mass is 35.5. The van der Waals surface area contributed by atoms with Crippen LogP contribution < -0.4 is 16.0 Å². The molecule has 0 radical (unpaired) electrons. The van der Waals surface area contributed by atoms with Crippen LogP contribution in [0, 0.1) is 5.82 Å². The fourth-order valence-electron chi connectivity index (χ4n) is 3.02. The maximum Gasteiger partial charge on any atom is 0.243 e. The number of thioether (sulfide) groups is 1. The molecule has 3 rings (SSSR count). The van der Waals surface area contributed by atoms with E-state index in [0.29, 0.717) is 17.7 Å². The summed E-state index contributed by atoms with van der Waals surface area (Å²) in [4.78, 5) is 24.6. The van der Waals surface area contributed by atoms with Crippen molar-refractivity contribution in [3.63, 3.8) is 0 Å². The summed E-state index contributed by atoms with van der Waals surface area (Å²) in [7, 11) is 0. The fourth-order valence-corrected chi connectivity index (χ4v) is 4.20. The summed E-state index contributed by atoms with van der Waals surface area (Å²) in [6, 6.07) is 6.16. The number of hydrogen-bond donors (Lipinski definition) is 3. The molecular formula is C17H23ClFN3O2S. The van der Waals surface area contributed by atoms with E-state index in [-0.39, 0.29) is 41.3 Å². The van der Waals surface area contributed by atoms with Gasteiger partial charge in [0, 0.05) is 11.8 Å². The molecule has 1 aromatic rings. The predicted octanol–water partition coefficient (Wildman–Crippen LogP) is 1.26. The number of hydrogen-bond acceptors (Lipinski definition) is 4. The highest BCUT2D eigenvalue weighted by Gasteiger charge is 2.33. The molecule has 2 atom stereocenters. The van der Waals surface area contributed by atoms with Crippen LogP contribution in [-0.2, 0) is 16.0 Å². The Balaban J connectivity index is 0.00000225. The number of halogens is 2. The van der Waals surface area contributed by atoms with E-state index in [1.165, 1.54) is 17.8 Å². The molecule has 2 amide bonds. The van der Waals surface area contributed by atoms with Gasteiger partial charge in [-0.15, -0.1) is 24.2 Å². The Morgan fingerprint density at radius 2 is 2.00 bits per heavy atom. The van der Waals surface area contributed by atoms with E-state index in [1.807, 2.05) is 0 Å². The Hall–Kier alpha value is -1.31. The standard InChI is InChI=1S/C17H22FN3O2S.ClH/c18-13-4-2-1-3-11(13)9-15-17(23)21-14(10-24-15)16(22)20-12-5-7-19-8-6-12;/h1-4,12,14-15,19H,5-10H2,(H,20,22)(H,21,23);1H. The van der Waals surface area contributed by atoms with Crippen molar-refractivity contribution in [1.29, 1.82) is 0 Å². The van der Waals surface area contributed by atoms with E-state index >= 15 is 0 Å². The van der Waals surface area contributed by atoms with E-state index in [1.54, 1.807) is 18.2 Å². The fraction of sp³-hybridized carbons (Fsp3) is 0.529. The van der Waals surface area contributed by atoms with Gasteiger partial charge in [-0.25, -0.2) is 4.39 Å². The second-order valence-corrected chi connectivity index (χ2v) is 7.45.